The van der Waals surface area contributed by atoms with Gasteiger partial charge in [-0.25, -0.2) is 0 Å². The van der Waals surface area contributed by atoms with Crippen LogP contribution < -0.4 is 9.47 Å². The zero-order chi connectivity index (χ0) is 12.8. The van der Waals surface area contributed by atoms with Crippen LogP contribution in [0.4, 0.5) is 5.69 Å². The Labute approximate surface area is 96.7 Å². The van der Waals surface area contributed by atoms with Crippen LogP contribution in [-0.2, 0) is 4.79 Å². The smallest absolute Gasteiger partial charge is 0.314 e. The van der Waals surface area contributed by atoms with Gasteiger partial charge in [-0.3, -0.25) is 14.9 Å². The first-order valence-electron chi connectivity index (χ1n) is 4.71. The highest BCUT2D eigenvalue weighted by Gasteiger charge is 2.16. The molecule has 0 aromatic heterocycles. The molecule has 1 aromatic rings. The van der Waals surface area contributed by atoms with Crippen molar-refractivity contribution in [2.45, 2.75) is 6.42 Å². The summed E-state index contributed by atoms with van der Waals surface area (Å²) in [7, 11) is 1.39. The van der Waals surface area contributed by atoms with Gasteiger partial charge in [-0.1, -0.05) is 0 Å². The lowest BCUT2D eigenvalue weighted by Crippen LogP contribution is -2.06. The first kappa shape index (κ1) is 12.8. The van der Waals surface area contributed by atoms with Gasteiger partial charge in [0.05, 0.1) is 31.1 Å². The summed E-state index contributed by atoms with van der Waals surface area (Å²) in [5, 5.41) is 19.2. The Morgan fingerprint density at radius 2 is 2.24 bits per heavy atom. The van der Waals surface area contributed by atoms with E-state index in [1.807, 2.05) is 0 Å². The van der Waals surface area contributed by atoms with Crippen LogP contribution in [0.5, 0.6) is 11.5 Å². The Kier molecular flexibility index (Phi) is 4.27. The standard InChI is InChI=1S/C10H11NO6/c1-16-7-2-3-9(8(6-7)11(14)15)17-5-4-10(12)13/h2-3,6H,4-5H2,1H3,(H,12,13). The number of nitro benzene ring substituents is 1. The Balaban J connectivity index is 2.83. The fourth-order valence-corrected chi connectivity index (χ4v) is 1.14. The number of carboxylic acid groups (broad SMARTS) is 1. The molecule has 1 rings (SSSR count). The lowest BCUT2D eigenvalue weighted by Gasteiger charge is -2.06. The Hall–Kier alpha value is -2.31. The normalized spacial score (nSPS) is 9.71. The topological polar surface area (TPSA) is 98.9 Å². The summed E-state index contributed by atoms with van der Waals surface area (Å²) < 4.78 is 9.88. The number of ether oxygens (including phenoxy) is 2. The molecule has 0 saturated heterocycles. The van der Waals surface area contributed by atoms with Crippen molar-refractivity contribution in [3.05, 3.63) is 28.3 Å². The monoisotopic (exact) mass is 241 g/mol. The van der Waals surface area contributed by atoms with Crippen molar-refractivity contribution in [1.82, 2.24) is 0 Å². The summed E-state index contributed by atoms with van der Waals surface area (Å²) in [4.78, 5) is 20.4. The van der Waals surface area contributed by atoms with Gasteiger partial charge in [-0.05, 0) is 12.1 Å². The quantitative estimate of drug-likeness (QED) is 0.597. The van der Waals surface area contributed by atoms with Gasteiger partial charge in [0.1, 0.15) is 5.75 Å². The molecule has 0 bridgehead atoms. The third kappa shape index (κ3) is 3.63. The van der Waals surface area contributed by atoms with Crippen molar-refractivity contribution in [3.63, 3.8) is 0 Å². The molecule has 0 unspecified atom stereocenters. The molecule has 7 nitrogen and oxygen atoms in total. The summed E-state index contributed by atoms with van der Waals surface area (Å²) in [6.07, 6.45) is -0.219. The van der Waals surface area contributed by atoms with Crippen molar-refractivity contribution < 1.29 is 24.3 Å². The van der Waals surface area contributed by atoms with Gasteiger partial charge in [0.2, 0.25) is 0 Å². The van der Waals surface area contributed by atoms with E-state index in [-0.39, 0.29) is 24.5 Å². The molecule has 0 atom stereocenters. The van der Waals surface area contributed by atoms with Crippen LogP contribution in [-0.4, -0.2) is 29.7 Å². The number of nitrogens with zero attached hydrogens (tertiary/aromatic N) is 1. The fraction of sp³-hybridized carbons (Fsp3) is 0.300. The zero-order valence-electron chi connectivity index (χ0n) is 9.08. The SMILES string of the molecule is COc1ccc(OCCC(=O)O)c([N+](=O)[O-])c1. The molecule has 0 aliphatic rings. The Morgan fingerprint density at radius 3 is 2.76 bits per heavy atom. The lowest BCUT2D eigenvalue weighted by molar-refractivity contribution is -0.385. The second-order valence-corrected chi connectivity index (χ2v) is 3.08. The first-order valence-corrected chi connectivity index (χ1v) is 4.71. The van der Waals surface area contributed by atoms with Crippen LogP contribution in [0.3, 0.4) is 0 Å². The molecule has 0 fully saturated rings. The van der Waals surface area contributed by atoms with Crippen molar-refractivity contribution in [3.8, 4) is 11.5 Å². The molecule has 0 aliphatic heterocycles. The van der Waals surface area contributed by atoms with Crippen molar-refractivity contribution in [1.29, 1.82) is 0 Å². The molecule has 1 aromatic carbocycles. The van der Waals surface area contributed by atoms with Crippen molar-refractivity contribution >= 4 is 11.7 Å². The maximum Gasteiger partial charge on any atom is 0.314 e. The second-order valence-electron chi connectivity index (χ2n) is 3.08. The summed E-state index contributed by atoms with van der Waals surface area (Å²) >= 11 is 0. The molecule has 0 saturated carbocycles. The molecule has 1 N–H and O–H groups in total. The van der Waals surface area contributed by atoms with Crippen LogP contribution >= 0.6 is 0 Å². The third-order valence-corrected chi connectivity index (χ3v) is 1.94. The lowest BCUT2D eigenvalue weighted by atomic mass is 10.3. The molecule has 0 heterocycles. The van der Waals surface area contributed by atoms with E-state index in [9.17, 15) is 14.9 Å². The number of rotatable bonds is 6. The summed E-state index contributed by atoms with van der Waals surface area (Å²) in [5.74, 6) is -0.666. The van der Waals surface area contributed by atoms with Gasteiger partial charge < -0.3 is 14.6 Å². The van der Waals surface area contributed by atoms with Crippen LogP contribution in [0.25, 0.3) is 0 Å². The minimum atomic E-state index is -1.03. The van der Waals surface area contributed by atoms with Gasteiger partial charge in [0.25, 0.3) is 0 Å². The molecule has 0 spiro atoms. The predicted molar refractivity (Wildman–Crippen MR) is 57.4 cm³/mol. The maximum absolute atomic E-state index is 10.7. The number of aliphatic carboxylic acids is 1. The van der Waals surface area contributed by atoms with E-state index in [0.717, 1.165) is 0 Å². The van der Waals surface area contributed by atoms with Crippen LogP contribution in [0.15, 0.2) is 18.2 Å². The van der Waals surface area contributed by atoms with E-state index in [4.69, 9.17) is 14.6 Å². The van der Waals surface area contributed by atoms with Gasteiger partial charge in [0.15, 0.2) is 5.75 Å². The number of benzene rings is 1. The van der Waals surface area contributed by atoms with E-state index in [0.29, 0.717) is 5.75 Å². The minimum Gasteiger partial charge on any atom is -0.496 e. The highest BCUT2D eigenvalue weighted by molar-refractivity contribution is 5.66. The maximum atomic E-state index is 10.7. The Bertz CT molecular complexity index is 431. The second kappa shape index (κ2) is 5.69. The average molecular weight is 241 g/mol. The van der Waals surface area contributed by atoms with Crippen molar-refractivity contribution in [2.75, 3.05) is 13.7 Å². The molecule has 0 radical (unpaired) electrons. The number of carbonyl (C=O) groups is 1. The number of carboxylic acids is 1. The first-order chi connectivity index (χ1) is 8.04. The molecule has 0 amide bonds. The molecule has 0 aliphatic carbocycles. The summed E-state index contributed by atoms with van der Waals surface area (Å²) in [5.41, 5.74) is -0.255. The van der Waals surface area contributed by atoms with Gasteiger partial charge in [-0.15, -0.1) is 0 Å². The minimum absolute atomic E-state index is 0.0250. The molecule has 17 heavy (non-hydrogen) atoms. The number of nitro groups is 1. The average Bonchev–Trinajstić information content (AvgIpc) is 2.28. The predicted octanol–water partition coefficient (Wildman–Crippen LogP) is 1.46. The highest BCUT2D eigenvalue weighted by Crippen LogP contribution is 2.30. The largest absolute Gasteiger partial charge is 0.496 e. The van der Waals surface area contributed by atoms with Crippen LogP contribution in [0.2, 0.25) is 0 Å². The fourth-order valence-electron chi connectivity index (χ4n) is 1.14. The molecule has 7 heteroatoms. The molecule has 92 valence electrons. The number of hydrogen-bond donors (Lipinski definition) is 1. The zero-order valence-corrected chi connectivity index (χ0v) is 9.08. The Morgan fingerprint density at radius 1 is 1.53 bits per heavy atom. The molecular weight excluding hydrogens is 230 g/mol. The number of methoxy groups -OCH3 is 1. The van der Waals surface area contributed by atoms with E-state index in [1.165, 1.54) is 25.3 Å². The van der Waals surface area contributed by atoms with Crippen LogP contribution in [0.1, 0.15) is 6.42 Å². The van der Waals surface area contributed by atoms with E-state index >= 15 is 0 Å². The van der Waals surface area contributed by atoms with Gasteiger partial charge in [-0.2, -0.15) is 0 Å². The summed E-state index contributed by atoms with van der Waals surface area (Å²) in [6.45, 7) is -0.123. The van der Waals surface area contributed by atoms with E-state index in [2.05, 4.69) is 0 Å². The summed E-state index contributed by atoms with van der Waals surface area (Å²) in [6, 6.07) is 4.10. The van der Waals surface area contributed by atoms with Gasteiger partial charge >= 0.3 is 11.7 Å². The third-order valence-electron chi connectivity index (χ3n) is 1.94. The molecular formula is C10H11NO6. The number of hydrogen-bond acceptors (Lipinski definition) is 5. The van der Waals surface area contributed by atoms with Gasteiger partial charge in [0, 0.05) is 0 Å². The van der Waals surface area contributed by atoms with Crippen molar-refractivity contribution in [2.24, 2.45) is 0 Å². The highest BCUT2D eigenvalue weighted by atomic mass is 16.6. The van der Waals surface area contributed by atoms with Crippen LogP contribution in [0, 0.1) is 10.1 Å². The van der Waals surface area contributed by atoms with E-state index in [1.54, 1.807) is 0 Å². The van der Waals surface area contributed by atoms with E-state index < -0.39 is 10.9 Å².